The van der Waals surface area contributed by atoms with E-state index in [1.165, 1.54) is 0 Å². The molecule has 4 nitrogen and oxygen atoms in total. The van der Waals surface area contributed by atoms with Crippen LogP contribution in [0, 0.1) is 11.3 Å². The van der Waals surface area contributed by atoms with Crippen molar-refractivity contribution in [2.24, 2.45) is 17.1 Å². The average Bonchev–Trinajstić information content (AvgIpc) is 2.26. The van der Waals surface area contributed by atoms with Gasteiger partial charge in [0, 0.05) is 32.0 Å². The minimum absolute atomic E-state index is 0.0470. The van der Waals surface area contributed by atoms with Gasteiger partial charge in [0.1, 0.15) is 0 Å². The summed E-state index contributed by atoms with van der Waals surface area (Å²) < 4.78 is 5.87. The van der Waals surface area contributed by atoms with Gasteiger partial charge in [-0.05, 0) is 18.3 Å². The normalized spacial score (nSPS) is 25.6. The van der Waals surface area contributed by atoms with Gasteiger partial charge in [-0.3, -0.25) is 4.79 Å². The topological polar surface area (TPSA) is 64.3 Å². The van der Waals surface area contributed by atoms with Gasteiger partial charge in [0.15, 0.2) is 0 Å². The monoisotopic (exact) mass is 242 g/mol. The molecule has 0 saturated carbocycles. The molecule has 0 aromatic heterocycles. The Morgan fingerprint density at radius 1 is 1.47 bits per heavy atom. The number of hydrogen-bond donors (Lipinski definition) is 2. The molecule has 1 saturated heterocycles. The molecule has 1 heterocycles. The second-order valence-electron chi connectivity index (χ2n) is 5.90. The smallest absolute Gasteiger partial charge is 0.221 e. The van der Waals surface area contributed by atoms with Crippen LogP contribution in [-0.4, -0.2) is 31.7 Å². The van der Waals surface area contributed by atoms with E-state index in [2.05, 4.69) is 26.1 Å². The lowest BCUT2D eigenvalue weighted by Gasteiger charge is -2.40. The van der Waals surface area contributed by atoms with Crippen molar-refractivity contribution in [3.05, 3.63) is 0 Å². The molecule has 2 unspecified atom stereocenters. The van der Waals surface area contributed by atoms with Gasteiger partial charge >= 0.3 is 0 Å². The number of carbonyl (C=O) groups excluding carboxylic acids is 1. The Morgan fingerprint density at radius 2 is 2.18 bits per heavy atom. The Kier molecular flexibility index (Phi) is 5.40. The molecule has 17 heavy (non-hydrogen) atoms. The van der Waals surface area contributed by atoms with Crippen LogP contribution in [0.1, 0.15) is 40.0 Å². The molecule has 0 spiro atoms. The van der Waals surface area contributed by atoms with Crippen molar-refractivity contribution >= 4 is 5.91 Å². The van der Waals surface area contributed by atoms with Crippen LogP contribution in [0.2, 0.25) is 0 Å². The van der Waals surface area contributed by atoms with Gasteiger partial charge in [-0.2, -0.15) is 0 Å². The van der Waals surface area contributed by atoms with E-state index in [4.69, 9.17) is 10.5 Å². The van der Waals surface area contributed by atoms with Gasteiger partial charge in [-0.25, -0.2) is 0 Å². The summed E-state index contributed by atoms with van der Waals surface area (Å²) in [4.78, 5) is 11.4. The predicted molar refractivity (Wildman–Crippen MR) is 68.6 cm³/mol. The molecular weight excluding hydrogens is 216 g/mol. The van der Waals surface area contributed by atoms with Crippen molar-refractivity contribution in [3.8, 4) is 0 Å². The van der Waals surface area contributed by atoms with Crippen LogP contribution in [-0.2, 0) is 9.53 Å². The standard InChI is InChI=1S/C13H26N2O2/c1-13(2,3)12-10(5-4-8-17-12)9-15-11(16)6-7-14/h10,12H,4-9,14H2,1-3H3,(H,15,16). The van der Waals surface area contributed by atoms with Gasteiger partial charge in [0.25, 0.3) is 0 Å². The Labute approximate surface area is 104 Å². The molecule has 1 aliphatic heterocycles. The number of nitrogens with one attached hydrogen (secondary N) is 1. The first-order valence-electron chi connectivity index (χ1n) is 6.53. The molecule has 3 N–H and O–H groups in total. The van der Waals surface area contributed by atoms with E-state index in [1.54, 1.807) is 0 Å². The number of hydrogen-bond acceptors (Lipinski definition) is 3. The first-order valence-corrected chi connectivity index (χ1v) is 6.53. The van der Waals surface area contributed by atoms with Gasteiger partial charge in [-0.1, -0.05) is 20.8 Å². The van der Waals surface area contributed by atoms with Gasteiger partial charge in [0.05, 0.1) is 6.10 Å². The van der Waals surface area contributed by atoms with E-state index in [-0.39, 0.29) is 17.4 Å². The van der Waals surface area contributed by atoms with Crippen LogP contribution in [0.3, 0.4) is 0 Å². The SMILES string of the molecule is CC(C)(C)C1OCCCC1CNC(=O)CCN. The van der Waals surface area contributed by atoms with Gasteiger partial charge in [-0.15, -0.1) is 0 Å². The second kappa shape index (κ2) is 6.36. The molecule has 0 aromatic carbocycles. The molecule has 4 heteroatoms. The molecular formula is C13H26N2O2. The maximum atomic E-state index is 11.4. The Morgan fingerprint density at radius 3 is 2.76 bits per heavy atom. The van der Waals surface area contributed by atoms with Crippen LogP contribution in [0.25, 0.3) is 0 Å². The molecule has 0 radical (unpaired) electrons. The third-order valence-corrected chi connectivity index (χ3v) is 3.23. The Bertz CT molecular complexity index is 248. The first kappa shape index (κ1) is 14.5. The molecule has 0 aliphatic carbocycles. The zero-order valence-electron chi connectivity index (χ0n) is 11.3. The van der Waals surface area contributed by atoms with E-state index in [1.807, 2.05) is 0 Å². The largest absolute Gasteiger partial charge is 0.377 e. The number of amides is 1. The van der Waals surface area contributed by atoms with Crippen LogP contribution in [0.5, 0.6) is 0 Å². The maximum absolute atomic E-state index is 11.4. The summed E-state index contributed by atoms with van der Waals surface area (Å²) in [5.74, 6) is 0.469. The maximum Gasteiger partial charge on any atom is 0.221 e. The molecule has 0 aromatic rings. The van der Waals surface area contributed by atoms with Crippen molar-refractivity contribution in [3.63, 3.8) is 0 Å². The van der Waals surface area contributed by atoms with Crippen molar-refractivity contribution in [1.82, 2.24) is 5.32 Å². The van der Waals surface area contributed by atoms with Crippen LogP contribution < -0.4 is 11.1 Å². The number of carbonyl (C=O) groups is 1. The predicted octanol–water partition coefficient (Wildman–Crippen LogP) is 1.29. The van der Waals surface area contributed by atoms with Crippen molar-refractivity contribution in [2.75, 3.05) is 19.7 Å². The fraction of sp³-hybridized carbons (Fsp3) is 0.923. The first-order chi connectivity index (χ1) is 7.95. The highest BCUT2D eigenvalue weighted by molar-refractivity contribution is 5.76. The highest BCUT2D eigenvalue weighted by atomic mass is 16.5. The molecule has 1 fully saturated rings. The fourth-order valence-corrected chi connectivity index (χ4v) is 2.47. The fourth-order valence-electron chi connectivity index (χ4n) is 2.47. The molecule has 0 bridgehead atoms. The lowest BCUT2D eigenvalue weighted by Crippen LogP contribution is -2.45. The van der Waals surface area contributed by atoms with E-state index < -0.39 is 0 Å². The average molecular weight is 242 g/mol. The summed E-state index contributed by atoms with van der Waals surface area (Å²) in [6.45, 7) is 8.54. The highest BCUT2D eigenvalue weighted by Crippen LogP contribution is 2.33. The zero-order chi connectivity index (χ0) is 12.9. The molecule has 2 atom stereocenters. The summed E-state index contributed by atoms with van der Waals surface area (Å²) in [5, 5.41) is 2.96. The zero-order valence-corrected chi connectivity index (χ0v) is 11.3. The van der Waals surface area contributed by atoms with E-state index in [0.29, 0.717) is 25.4 Å². The van der Waals surface area contributed by atoms with Gasteiger partial charge in [0.2, 0.25) is 5.91 Å². The molecule has 1 aliphatic rings. The van der Waals surface area contributed by atoms with E-state index in [9.17, 15) is 4.79 Å². The summed E-state index contributed by atoms with van der Waals surface area (Å²) >= 11 is 0. The van der Waals surface area contributed by atoms with E-state index >= 15 is 0 Å². The summed E-state index contributed by atoms with van der Waals surface area (Å²) in [7, 11) is 0. The third kappa shape index (κ3) is 4.64. The van der Waals surface area contributed by atoms with Crippen LogP contribution >= 0.6 is 0 Å². The summed E-state index contributed by atoms with van der Waals surface area (Å²) in [6, 6.07) is 0. The Balaban J connectivity index is 2.46. The minimum atomic E-state index is 0.0470. The van der Waals surface area contributed by atoms with Crippen LogP contribution in [0.4, 0.5) is 0 Å². The van der Waals surface area contributed by atoms with E-state index in [0.717, 1.165) is 19.4 Å². The third-order valence-electron chi connectivity index (χ3n) is 3.23. The summed E-state index contributed by atoms with van der Waals surface area (Å²) in [6.07, 6.45) is 2.86. The summed E-state index contributed by atoms with van der Waals surface area (Å²) in [5.41, 5.74) is 5.48. The van der Waals surface area contributed by atoms with Crippen molar-refractivity contribution < 1.29 is 9.53 Å². The van der Waals surface area contributed by atoms with Crippen molar-refractivity contribution in [2.45, 2.75) is 46.1 Å². The quantitative estimate of drug-likeness (QED) is 0.781. The Hall–Kier alpha value is -0.610. The number of ether oxygens (including phenoxy) is 1. The lowest BCUT2D eigenvalue weighted by atomic mass is 9.78. The second-order valence-corrected chi connectivity index (χ2v) is 5.90. The number of nitrogens with two attached hydrogens (primary N) is 1. The lowest BCUT2D eigenvalue weighted by molar-refractivity contribution is -0.122. The van der Waals surface area contributed by atoms with Gasteiger partial charge < -0.3 is 15.8 Å². The molecule has 1 amide bonds. The molecule has 1 rings (SSSR count). The highest BCUT2D eigenvalue weighted by Gasteiger charge is 2.35. The number of rotatable bonds is 4. The van der Waals surface area contributed by atoms with Crippen LogP contribution in [0.15, 0.2) is 0 Å². The molecule has 100 valence electrons. The van der Waals surface area contributed by atoms with Crippen molar-refractivity contribution in [1.29, 1.82) is 0 Å². The minimum Gasteiger partial charge on any atom is -0.377 e.